The molecule has 1 fully saturated rings. The van der Waals surface area contributed by atoms with Crippen molar-refractivity contribution in [2.24, 2.45) is 0 Å². The SMILES string of the molecule is CCOc1cc(C2C(=C(O)c3cc(C)ccc3C)C(=O)C(=O)N2c2nc(C)c(C(C)=O)s2)ccc1O. The first-order valence-corrected chi connectivity index (χ1v) is 12.2. The zero-order valence-corrected chi connectivity index (χ0v) is 21.4. The molecule has 1 unspecified atom stereocenters. The number of ether oxygens (including phenoxy) is 1. The normalized spacial score (nSPS) is 17.0. The van der Waals surface area contributed by atoms with Crippen LogP contribution in [-0.2, 0) is 9.59 Å². The number of rotatable bonds is 6. The fourth-order valence-electron chi connectivity index (χ4n) is 4.27. The van der Waals surface area contributed by atoms with Gasteiger partial charge in [-0.2, -0.15) is 0 Å². The van der Waals surface area contributed by atoms with Crippen molar-refractivity contribution in [2.45, 2.75) is 40.7 Å². The number of phenols is 1. The summed E-state index contributed by atoms with van der Waals surface area (Å²) in [6.45, 7) is 8.78. The monoisotopic (exact) mass is 506 g/mol. The molecular weight excluding hydrogens is 480 g/mol. The third kappa shape index (κ3) is 4.26. The van der Waals surface area contributed by atoms with E-state index in [-0.39, 0.29) is 40.4 Å². The Balaban J connectivity index is 2.00. The minimum atomic E-state index is -1.06. The van der Waals surface area contributed by atoms with Crippen molar-refractivity contribution in [2.75, 3.05) is 11.5 Å². The van der Waals surface area contributed by atoms with Crippen LogP contribution < -0.4 is 9.64 Å². The standard InChI is InChI=1S/C27H26N2O6S/c1-6-35-20-12-17(9-10-19(20)31)22-21(23(32)18-11-13(2)7-8-14(18)3)24(33)26(34)29(22)27-28-15(4)25(36-27)16(5)30/h7-12,22,31-32H,6H2,1-5H3. The molecule has 2 aromatic carbocycles. The average molecular weight is 507 g/mol. The molecule has 0 aliphatic carbocycles. The van der Waals surface area contributed by atoms with Gasteiger partial charge >= 0.3 is 5.91 Å². The maximum atomic E-state index is 13.4. The Morgan fingerprint density at radius 3 is 2.50 bits per heavy atom. The third-order valence-electron chi connectivity index (χ3n) is 6.00. The summed E-state index contributed by atoms with van der Waals surface area (Å²) in [6, 6.07) is 8.90. The second kappa shape index (κ2) is 9.58. The lowest BCUT2D eigenvalue weighted by molar-refractivity contribution is -0.132. The number of benzene rings is 2. The van der Waals surface area contributed by atoms with Crippen molar-refractivity contribution in [1.29, 1.82) is 0 Å². The van der Waals surface area contributed by atoms with Gasteiger partial charge in [0.15, 0.2) is 22.4 Å². The molecule has 1 amide bonds. The number of amides is 1. The van der Waals surface area contributed by atoms with Gasteiger partial charge in [-0.25, -0.2) is 4.98 Å². The summed E-state index contributed by atoms with van der Waals surface area (Å²) in [4.78, 5) is 44.9. The van der Waals surface area contributed by atoms with Gasteiger partial charge < -0.3 is 14.9 Å². The smallest absolute Gasteiger partial charge is 0.301 e. The lowest BCUT2D eigenvalue weighted by Gasteiger charge is -2.24. The Bertz CT molecular complexity index is 1440. The minimum absolute atomic E-state index is 0.101. The minimum Gasteiger partial charge on any atom is -0.507 e. The van der Waals surface area contributed by atoms with Crippen LogP contribution in [0.2, 0.25) is 0 Å². The second-order valence-electron chi connectivity index (χ2n) is 8.61. The molecule has 8 nitrogen and oxygen atoms in total. The number of hydrogen-bond acceptors (Lipinski definition) is 8. The highest BCUT2D eigenvalue weighted by Gasteiger charge is 2.48. The lowest BCUT2D eigenvalue weighted by atomic mass is 9.93. The van der Waals surface area contributed by atoms with Crippen LogP contribution in [0.1, 0.15) is 57.5 Å². The van der Waals surface area contributed by atoms with Gasteiger partial charge in [-0.3, -0.25) is 19.3 Å². The van der Waals surface area contributed by atoms with Crippen molar-refractivity contribution in [3.63, 3.8) is 0 Å². The summed E-state index contributed by atoms with van der Waals surface area (Å²) in [5.41, 5.74) is 2.80. The number of aryl methyl sites for hydroxylation is 3. The first-order chi connectivity index (χ1) is 17.0. The first kappa shape index (κ1) is 25.1. The molecule has 1 aromatic heterocycles. The van der Waals surface area contributed by atoms with E-state index in [2.05, 4.69) is 4.98 Å². The van der Waals surface area contributed by atoms with Crippen molar-refractivity contribution in [3.05, 3.63) is 74.8 Å². The van der Waals surface area contributed by atoms with Gasteiger partial charge in [0.25, 0.3) is 5.78 Å². The number of aliphatic hydroxyl groups is 1. The molecule has 0 bridgehead atoms. The van der Waals surface area contributed by atoms with Crippen molar-refractivity contribution in [3.8, 4) is 11.5 Å². The molecular formula is C27H26N2O6S. The van der Waals surface area contributed by atoms with E-state index in [1.807, 2.05) is 19.1 Å². The zero-order valence-electron chi connectivity index (χ0n) is 20.6. The Hall–Kier alpha value is -3.98. The van der Waals surface area contributed by atoms with Gasteiger partial charge in [0.2, 0.25) is 0 Å². The molecule has 36 heavy (non-hydrogen) atoms. The van der Waals surface area contributed by atoms with Crippen LogP contribution in [0, 0.1) is 20.8 Å². The average Bonchev–Trinajstić information content (AvgIpc) is 3.34. The molecule has 1 saturated heterocycles. The van der Waals surface area contributed by atoms with Crippen LogP contribution >= 0.6 is 11.3 Å². The van der Waals surface area contributed by atoms with Crippen LogP contribution in [-0.4, -0.2) is 39.3 Å². The van der Waals surface area contributed by atoms with Gasteiger partial charge in [-0.05, 0) is 57.0 Å². The van der Waals surface area contributed by atoms with Gasteiger partial charge in [0.1, 0.15) is 5.76 Å². The number of thiazole rings is 1. The molecule has 2 heterocycles. The van der Waals surface area contributed by atoms with Crippen molar-refractivity contribution < 1.29 is 29.3 Å². The van der Waals surface area contributed by atoms with Crippen LogP contribution in [0.5, 0.6) is 11.5 Å². The Morgan fingerprint density at radius 2 is 1.86 bits per heavy atom. The summed E-state index contributed by atoms with van der Waals surface area (Å²) in [6.07, 6.45) is 0. The number of ketones is 2. The summed E-state index contributed by atoms with van der Waals surface area (Å²) in [7, 11) is 0. The van der Waals surface area contributed by atoms with Crippen LogP contribution in [0.3, 0.4) is 0 Å². The molecule has 0 saturated carbocycles. The van der Waals surface area contributed by atoms with E-state index in [9.17, 15) is 24.6 Å². The summed E-state index contributed by atoms with van der Waals surface area (Å²) in [5, 5.41) is 21.8. The number of aromatic hydroxyl groups is 1. The van der Waals surface area contributed by atoms with Gasteiger partial charge in [-0.1, -0.05) is 35.1 Å². The number of aliphatic hydroxyl groups excluding tert-OH is 1. The number of carbonyl (C=O) groups excluding carboxylic acids is 3. The molecule has 2 N–H and O–H groups in total. The van der Waals surface area contributed by atoms with E-state index >= 15 is 0 Å². The maximum absolute atomic E-state index is 13.4. The van der Waals surface area contributed by atoms with Crippen LogP contribution in [0.4, 0.5) is 5.13 Å². The summed E-state index contributed by atoms with van der Waals surface area (Å²) >= 11 is 1.01. The number of Topliss-reactive ketones (excluding diaryl/α,β-unsaturated/α-hetero) is 2. The van der Waals surface area contributed by atoms with Crippen molar-refractivity contribution in [1.82, 2.24) is 4.98 Å². The predicted molar refractivity (Wildman–Crippen MR) is 137 cm³/mol. The Labute approximate surface area is 212 Å². The van der Waals surface area contributed by atoms with E-state index < -0.39 is 17.7 Å². The molecule has 9 heteroatoms. The summed E-state index contributed by atoms with van der Waals surface area (Å²) in [5.74, 6) is -2.19. The van der Waals surface area contributed by atoms with E-state index in [0.29, 0.717) is 21.7 Å². The van der Waals surface area contributed by atoms with Gasteiger partial charge in [0.05, 0.1) is 28.8 Å². The highest BCUT2D eigenvalue weighted by molar-refractivity contribution is 7.18. The zero-order chi connectivity index (χ0) is 26.3. The third-order valence-corrected chi connectivity index (χ3v) is 7.26. The quantitative estimate of drug-likeness (QED) is 0.209. The van der Waals surface area contributed by atoms with Gasteiger partial charge in [-0.15, -0.1) is 0 Å². The first-order valence-electron chi connectivity index (χ1n) is 11.4. The second-order valence-corrected chi connectivity index (χ2v) is 9.59. The molecule has 0 spiro atoms. The number of phenolic OH excluding ortho intramolecular Hbond substituents is 1. The van der Waals surface area contributed by atoms with Crippen molar-refractivity contribution >= 4 is 39.7 Å². The number of carbonyl (C=O) groups is 3. The van der Waals surface area contributed by atoms with E-state index in [1.165, 1.54) is 24.0 Å². The number of aromatic nitrogens is 1. The van der Waals surface area contributed by atoms with Crippen LogP contribution in [0.25, 0.3) is 5.76 Å². The Kier molecular flexibility index (Phi) is 6.69. The highest BCUT2D eigenvalue weighted by atomic mass is 32.1. The lowest BCUT2D eigenvalue weighted by Crippen LogP contribution is -2.29. The molecule has 1 atom stereocenters. The molecule has 186 valence electrons. The van der Waals surface area contributed by atoms with Gasteiger partial charge in [0, 0.05) is 12.5 Å². The van der Waals surface area contributed by atoms with Crippen LogP contribution in [0.15, 0.2) is 42.0 Å². The topological polar surface area (TPSA) is 117 Å². The fourth-order valence-corrected chi connectivity index (χ4v) is 5.25. The molecule has 3 aromatic rings. The molecule has 1 aliphatic rings. The largest absolute Gasteiger partial charge is 0.507 e. The summed E-state index contributed by atoms with van der Waals surface area (Å²) < 4.78 is 5.53. The number of hydrogen-bond donors (Lipinski definition) is 2. The molecule has 0 radical (unpaired) electrons. The molecule has 4 rings (SSSR count). The molecule has 1 aliphatic heterocycles. The van der Waals surface area contributed by atoms with E-state index in [0.717, 1.165) is 22.5 Å². The number of nitrogens with zero attached hydrogens (tertiary/aromatic N) is 2. The predicted octanol–water partition coefficient (Wildman–Crippen LogP) is 5.00. The number of anilines is 1. The highest BCUT2D eigenvalue weighted by Crippen LogP contribution is 2.45. The van der Waals surface area contributed by atoms with E-state index in [4.69, 9.17) is 4.74 Å². The van der Waals surface area contributed by atoms with E-state index in [1.54, 1.807) is 32.9 Å². The maximum Gasteiger partial charge on any atom is 0.301 e. The Morgan fingerprint density at radius 1 is 1.14 bits per heavy atom. The fraction of sp³-hybridized carbons (Fsp3) is 0.259.